The van der Waals surface area contributed by atoms with Gasteiger partial charge >= 0.3 is 5.97 Å². The van der Waals surface area contributed by atoms with Crippen molar-refractivity contribution in [1.29, 1.82) is 0 Å². The van der Waals surface area contributed by atoms with Crippen molar-refractivity contribution < 1.29 is 13.9 Å². The molecule has 0 atom stereocenters. The van der Waals surface area contributed by atoms with E-state index in [1.165, 1.54) is 25.7 Å². The van der Waals surface area contributed by atoms with E-state index in [0.717, 1.165) is 0 Å². The second-order valence-electron chi connectivity index (χ2n) is 2.86. The van der Waals surface area contributed by atoms with Gasteiger partial charge in [0.25, 0.3) is 5.56 Å². The number of esters is 1. The van der Waals surface area contributed by atoms with E-state index in [4.69, 9.17) is 4.42 Å². The number of methoxy groups -OCH3 is 1. The van der Waals surface area contributed by atoms with Gasteiger partial charge in [0, 0.05) is 0 Å². The summed E-state index contributed by atoms with van der Waals surface area (Å²) in [7, 11) is 1.24. The van der Waals surface area contributed by atoms with Gasteiger partial charge < -0.3 is 9.15 Å². The maximum Gasteiger partial charge on any atom is 0.356 e. The Balaban J connectivity index is 2.68. The molecule has 2 aliphatic rings. The number of pyridine rings is 1. The van der Waals surface area contributed by atoms with Crippen LogP contribution in [0, 0.1) is 0 Å². The molecule has 5 nitrogen and oxygen atoms in total. The zero-order valence-corrected chi connectivity index (χ0v) is 7.89. The normalized spacial score (nSPS) is 10.2. The molecule has 0 aromatic rings. The number of ether oxygens (including phenoxy) is 1. The molecule has 0 bridgehead atoms. The molecule has 76 valence electrons. The van der Waals surface area contributed by atoms with Crippen molar-refractivity contribution >= 4 is 5.97 Å². The average molecular weight is 205 g/mol. The molecule has 0 amide bonds. The minimum Gasteiger partial charge on any atom is -0.472 e. The van der Waals surface area contributed by atoms with E-state index in [1.54, 1.807) is 6.07 Å². The number of fused-ring (bicyclic) bond motifs is 1. The van der Waals surface area contributed by atoms with Crippen molar-refractivity contribution in [3.8, 4) is 11.1 Å². The first-order chi connectivity index (χ1) is 7.22. The Kier molecular flexibility index (Phi) is 2.21. The molecule has 0 aromatic heterocycles. The summed E-state index contributed by atoms with van der Waals surface area (Å²) in [5.74, 6) is -0.630. The summed E-state index contributed by atoms with van der Waals surface area (Å²) in [5.41, 5.74) is 0.435. The van der Waals surface area contributed by atoms with Crippen molar-refractivity contribution in [2.24, 2.45) is 0 Å². The monoisotopic (exact) mass is 205 g/mol. The van der Waals surface area contributed by atoms with Gasteiger partial charge in [0.2, 0.25) is 0 Å². The van der Waals surface area contributed by atoms with Crippen LogP contribution in [0.2, 0.25) is 0 Å². The second kappa shape index (κ2) is 3.53. The Morgan fingerprint density at radius 2 is 2.33 bits per heavy atom. The van der Waals surface area contributed by atoms with Gasteiger partial charge in [-0.25, -0.2) is 9.78 Å². The van der Waals surface area contributed by atoms with Crippen LogP contribution in [-0.2, 0) is 4.74 Å². The maximum absolute atomic E-state index is 11.4. The summed E-state index contributed by atoms with van der Waals surface area (Å²) in [6.45, 7) is 0. The fourth-order valence-corrected chi connectivity index (χ4v) is 1.24. The second-order valence-corrected chi connectivity index (χ2v) is 2.86. The van der Waals surface area contributed by atoms with Crippen molar-refractivity contribution in [2.45, 2.75) is 0 Å². The van der Waals surface area contributed by atoms with Crippen LogP contribution in [0.3, 0.4) is 0 Å². The molecule has 2 heterocycles. The first-order valence-corrected chi connectivity index (χ1v) is 4.18. The third-order valence-electron chi connectivity index (χ3n) is 1.96. The lowest BCUT2D eigenvalue weighted by molar-refractivity contribution is 0.0593. The molecular weight excluding hydrogens is 198 g/mol. The zero-order chi connectivity index (χ0) is 10.8. The molecule has 0 saturated carbocycles. The van der Waals surface area contributed by atoms with E-state index in [2.05, 4.69) is 9.72 Å². The molecule has 2 aliphatic heterocycles. The Bertz CT molecular complexity index is 531. The SMILES string of the molecule is COC(=O)c1cc2ccocc-2c(=O)n1. The Labute approximate surface area is 84.7 Å². The summed E-state index contributed by atoms with van der Waals surface area (Å²) in [5, 5.41) is 0. The van der Waals surface area contributed by atoms with Gasteiger partial charge in [0.1, 0.15) is 6.26 Å². The average Bonchev–Trinajstić information content (AvgIpc) is 2.28. The molecule has 2 rings (SSSR count). The Hall–Kier alpha value is -2.17. The van der Waals surface area contributed by atoms with Crippen molar-refractivity contribution in [3.63, 3.8) is 0 Å². The lowest BCUT2D eigenvalue weighted by Gasteiger charge is -2.03. The highest BCUT2D eigenvalue weighted by Crippen LogP contribution is 2.16. The van der Waals surface area contributed by atoms with Gasteiger partial charge in [0.15, 0.2) is 5.69 Å². The van der Waals surface area contributed by atoms with Crippen LogP contribution in [0.15, 0.2) is 33.9 Å². The fourth-order valence-electron chi connectivity index (χ4n) is 1.24. The molecule has 0 radical (unpaired) electrons. The third kappa shape index (κ3) is 1.59. The van der Waals surface area contributed by atoms with E-state index in [-0.39, 0.29) is 5.69 Å². The van der Waals surface area contributed by atoms with Gasteiger partial charge in [-0.2, -0.15) is 0 Å². The largest absolute Gasteiger partial charge is 0.472 e. The summed E-state index contributed by atoms with van der Waals surface area (Å²) in [4.78, 5) is 26.2. The standard InChI is InChI=1S/C10H7NO4/c1-14-10(13)8-4-6-2-3-15-5-7(6)9(12)11-8/h2-5H,1H3. The van der Waals surface area contributed by atoms with Crippen LogP contribution in [-0.4, -0.2) is 18.1 Å². The first-order valence-electron chi connectivity index (χ1n) is 4.18. The van der Waals surface area contributed by atoms with Gasteiger partial charge in [-0.15, -0.1) is 0 Å². The topological polar surface area (TPSA) is 69.4 Å². The molecule has 0 saturated heterocycles. The third-order valence-corrected chi connectivity index (χ3v) is 1.96. The number of hydrogen-bond donors (Lipinski definition) is 0. The van der Waals surface area contributed by atoms with E-state index in [0.29, 0.717) is 11.1 Å². The molecule has 0 aromatic carbocycles. The summed E-state index contributed by atoms with van der Waals surface area (Å²) < 4.78 is 9.32. The fraction of sp³-hybridized carbons (Fsp3) is 0.100. The molecule has 15 heavy (non-hydrogen) atoms. The smallest absolute Gasteiger partial charge is 0.356 e. The van der Waals surface area contributed by atoms with Crippen LogP contribution in [0.5, 0.6) is 0 Å². The zero-order valence-electron chi connectivity index (χ0n) is 7.89. The lowest BCUT2D eigenvalue weighted by Crippen LogP contribution is -2.16. The van der Waals surface area contributed by atoms with E-state index in [1.807, 2.05) is 0 Å². The molecule has 0 N–H and O–H groups in total. The van der Waals surface area contributed by atoms with Crippen LogP contribution in [0.4, 0.5) is 0 Å². The van der Waals surface area contributed by atoms with Gasteiger partial charge in [0.05, 0.1) is 18.9 Å². The van der Waals surface area contributed by atoms with Crippen molar-refractivity contribution in [2.75, 3.05) is 7.11 Å². The molecule has 0 aliphatic carbocycles. The lowest BCUT2D eigenvalue weighted by atomic mass is 10.1. The summed E-state index contributed by atoms with van der Waals surface area (Å²) in [6.07, 6.45) is 2.72. The highest BCUT2D eigenvalue weighted by Gasteiger charge is 2.14. The van der Waals surface area contributed by atoms with Gasteiger partial charge in [-0.1, -0.05) is 0 Å². The van der Waals surface area contributed by atoms with E-state index < -0.39 is 11.5 Å². The van der Waals surface area contributed by atoms with Gasteiger partial charge in [-0.05, 0) is 17.7 Å². The predicted molar refractivity (Wildman–Crippen MR) is 50.7 cm³/mol. The van der Waals surface area contributed by atoms with Crippen LogP contribution in [0.25, 0.3) is 11.1 Å². The maximum atomic E-state index is 11.4. The highest BCUT2D eigenvalue weighted by molar-refractivity contribution is 5.89. The number of carbonyl (C=O) groups excluding carboxylic acids is 1. The summed E-state index contributed by atoms with van der Waals surface area (Å²) >= 11 is 0. The van der Waals surface area contributed by atoms with E-state index >= 15 is 0 Å². The van der Waals surface area contributed by atoms with E-state index in [9.17, 15) is 9.59 Å². The van der Waals surface area contributed by atoms with Gasteiger partial charge in [-0.3, -0.25) is 4.79 Å². The highest BCUT2D eigenvalue weighted by atomic mass is 16.5. The van der Waals surface area contributed by atoms with Crippen molar-refractivity contribution in [3.05, 3.63) is 40.7 Å². The quantitative estimate of drug-likeness (QED) is 0.647. The molecular formula is C10H7NO4. The predicted octanol–water partition coefficient (Wildman–Crippen LogP) is 0.926. The minimum absolute atomic E-state index is 0.00111. The Morgan fingerprint density at radius 3 is 3.07 bits per heavy atom. The minimum atomic E-state index is -0.630. The number of aromatic nitrogens is 1. The number of nitrogens with zero attached hydrogens (tertiary/aromatic N) is 1. The summed E-state index contributed by atoms with van der Waals surface area (Å²) in [6, 6.07) is 3.07. The molecule has 0 unspecified atom stereocenters. The number of rotatable bonds is 1. The molecule has 5 heteroatoms. The van der Waals surface area contributed by atoms with Crippen LogP contribution in [0.1, 0.15) is 10.5 Å². The van der Waals surface area contributed by atoms with Crippen LogP contribution >= 0.6 is 0 Å². The molecule has 0 spiro atoms. The Morgan fingerprint density at radius 1 is 1.53 bits per heavy atom. The number of carbonyl (C=O) groups is 1. The molecule has 0 fully saturated rings. The van der Waals surface area contributed by atoms with Crippen molar-refractivity contribution in [1.82, 2.24) is 4.98 Å². The first kappa shape index (κ1) is 9.39. The number of hydrogen-bond acceptors (Lipinski definition) is 5. The van der Waals surface area contributed by atoms with Crippen LogP contribution < -0.4 is 5.56 Å².